The minimum Gasteiger partial charge on any atom is -0.489 e. The fourth-order valence-electron chi connectivity index (χ4n) is 1.80. The van der Waals surface area contributed by atoms with Gasteiger partial charge in [0.2, 0.25) is 0 Å². The van der Waals surface area contributed by atoms with Crippen molar-refractivity contribution in [2.24, 2.45) is 0 Å². The van der Waals surface area contributed by atoms with E-state index < -0.39 is 0 Å². The maximum atomic E-state index is 5.74. The molecule has 0 bridgehead atoms. The van der Waals surface area contributed by atoms with Gasteiger partial charge in [-0.15, -0.1) is 0 Å². The lowest BCUT2D eigenvalue weighted by atomic mass is 10.2. The van der Waals surface area contributed by atoms with Gasteiger partial charge in [-0.2, -0.15) is 0 Å². The van der Waals surface area contributed by atoms with Crippen LogP contribution in [0.1, 0.15) is 18.9 Å². The molecule has 0 aliphatic rings. The Morgan fingerprint density at radius 2 is 1.77 bits per heavy atom. The molecule has 0 heterocycles. The van der Waals surface area contributed by atoms with Gasteiger partial charge in [0, 0.05) is 16.7 Å². The second-order valence-corrected chi connectivity index (χ2v) is 6.14. The predicted molar refractivity (Wildman–Crippen MR) is 99.4 cm³/mol. The highest BCUT2D eigenvalue weighted by molar-refractivity contribution is 9.10. The number of anilines is 1. The fourth-order valence-corrected chi connectivity index (χ4v) is 2.28. The van der Waals surface area contributed by atoms with Crippen molar-refractivity contribution >= 4 is 38.9 Å². The Labute approximate surface area is 145 Å². The van der Waals surface area contributed by atoms with Crippen molar-refractivity contribution in [2.45, 2.75) is 20.0 Å². The molecule has 0 saturated carbocycles. The average molecular weight is 379 g/mol. The molecule has 0 fully saturated rings. The first-order chi connectivity index (χ1) is 10.7. The highest BCUT2D eigenvalue weighted by atomic mass is 79.9. The van der Waals surface area contributed by atoms with Gasteiger partial charge in [0.05, 0.1) is 0 Å². The van der Waals surface area contributed by atoms with Crippen LogP contribution in [0.15, 0.2) is 53.0 Å². The number of rotatable bonds is 6. The van der Waals surface area contributed by atoms with Crippen molar-refractivity contribution in [2.75, 3.05) is 11.9 Å². The molecule has 5 heteroatoms. The van der Waals surface area contributed by atoms with Gasteiger partial charge in [-0.1, -0.05) is 35.0 Å². The minimum absolute atomic E-state index is 0.542. The molecule has 0 saturated heterocycles. The Bertz CT molecular complexity index is 599. The lowest BCUT2D eigenvalue weighted by Crippen LogP contribution is -2.28. The summed E-state index contributed by atoms with van der Waals surface area (Å²) >= 11 is 8.62. The summed E-state index contributed by atoms with van der Waals surface area (Å²) in [5.41, 5.74) is 2.09. The topological polar surface area (TPSA) is 33.3 Å². The Morgan fingerprint density at radius 1 is 1.09 bits per heavy atom. The summed E-state index contributed by atoms with van der Waals surface area (Å²) in [6, 6.07) is 15.9. The number of halogens is 1. The molecule has 0 aliphatic heterocycles. The summed E-state index contributed by atoms with van der Waals surface area (Å²) in [7, 11) is 0. The van der Waals surface area contributed by atoms with E-state index in [4.69, 9.17) is 17.0 Å². The van der Waals surface area contributed by atoms with Crippen molar-refractivity contribution in [3.8, 4) is 5.75 Å². The van der Waals surface area contributed by atoms with Gasteiger partial charge in [-0.05, 0) is 60.6 Å². The smallest absolute Gasteiger partial charge is 0.170 e. The van der Waals surface area contributed by atoms with E-state index in [9.17, 15) is 0 Å². The molecule has 2 rings (SSSR count). The van der Waals surface area contributed by atoms with E-state index in [0.717, 1.165) is 34.4 Å². The van der Waals surface area contributed by atoms with Gasteiger partial charge < -0.3 is 15.4 Å². The van der Waals surface area contributed by atoms with Gasteiger partial charge in [0.15, 0.2) is 5.11 Å². The van der Waals surface area contributed by atoms with E-state index in [-0.39, 0.29) is 0 Å². The van der Waals surface area contributed by atoms with Crippen LogP contribution in [0.25, 0.3) is 0 Å². The van der Waals surface area contributed by atoms with Gasteiger partial charge in [0.25, 0.3) is 0 Å². The van der Waals surface area contributed by atoms with Crippen LogP contribution in [0, 0.1) is 0 Å². The largest absolute Gasteiger partial charge is 0.489 e. The van der Waals surface area contributed by atoms with Crippen molar-refractivity contribution < 1.29 is 4.74 Å². The van der Waals surface area contributed by atoms with E-state index in [1.807, 2.05) is 48.5 Å². The van der Waals surface area contributed by atoms with Crippen molar-refractivity contribution in [3.63, 3.8) is 0 Å². The van der Waals surface area contributed by atoms with Crippen LogP contribution in [-0.2, 0) is 6.61 Å². The Hall–Kier alpha value is -1.59. The normalized spacial score (nSPS) is 10.1. The third-order valence-electron chi connectivity index (χ3n) is 2.97. The molecule has 0 aromatic heterocycles. The van der Waals surface area contributed by atoms with Gasteiger partial charge >= 0.3 is 0 Å². The summed E-state index contributed by atoms with van der Waals surface area (Å²) < 4.78 is 6.79. The van der Waals surface area contributed by atoms with E-state index in [1.165, 1.54) is 0 Å². The summed E-state index contributed by atoms with van der Waals surface area (Å²) in [4.78, 5) is 0. The lowest BCUT2D eigenvalue weighted by molar-refractivity contribution is 0.306. The molecule has 0 radical (unpaired) electrons. The quantitative estimate of drug-likeness (QED) is 0.712. The monoisotopic (exact) mass is 378 g/mol. The molecule has 3 nitrogen and oxygen atoms in total. The maximum Gasteiger partial charge on any atom is 0.170 e. The predicted octanol–water partition coefficient (Wildman–Crippen LogP) is 4.72. The third-order valence-corrected chi connectivity index (χ3v) is 3.74. The van der Waals surface area contributed by atoms with Crippen LogP contribution in [0.4, 0.5) is 5.69 Å². The maximum absolute atomic E-state index is 5.74. The molecular formula is C17H19BrN2OS. The van der Waals surface area contributed by atoms with Crippen LogP contribution < -0.4 is 15.4 Å². The zero-order chi connectivity index (χ0) is 15.8. The van der Waals surface area contributed by atoms with Crippen LogP contribution >= 0.6 is 28.1 Å². The van der Waals surface area contributed by atoms with Gasteiger partial charge in [-0.3, -0.25) is 0 Å². The van der Waals surface area contributed by atoms with E-state index in [1.54, 1.807) is 0 Å². The highest BCUT2D eigenvalue weighted by Gasteiger charge is 1.99. The van der Waals surface area contributed by atoms with E-state index in [2.05, 4.69) is 33.5 Å². The van der Waals surface area contributed by atoms with Gasteiger partial charge in [-0.25, -0.2) is 0 Å². The lowest BCUT2D eigenvalue weighted by Gasteiger charge is -2.11. The molecule has 0 atom stereocenters. The van der Waals surface area contributed by atoms with Crippen LogP contribution in [0.3, 0.4) is 0 Å². The SMILES string of the molecule is CCCNC(=S)Nc1ccc(COc2ccc(Br)cc2)cc1. The average Bonchev–Trinajstić information content (AvgIpc) is 2.54. The molecule has 116 valence electrons. The molecule has 0 unspecified atom stereocenters. The molecule has 0 amide bonds. The second-order valence-electron chi connectivity index (χ2n) is 4.82. The first-order valence-corrected chi connectivity index (χ1v) is 8.39. The van der Waals surface area contributed by atoms with Crippen molar-refractivity contribution in [1.82, 2.24) is 5.32 Å². The standard InChI is InChI=1S/C17H19BrN2OS/c1-2-11-19-17(22)20-15-7-3-13(4-8-15)12-21-16-9-5-14(18)6-10-16/h3-10H,2,11-12H2,1H3,(H2,19,20,22). The number of nitrogens with one attached hydrogen (secondary N) is 2. The molecule has 22 heavy (non-hydrogen) atoms. The summed E-state index contributed by atoms with van der Waals surface area (Å²) in [5.74, 6) is 0.857. The van der Waals surface area contributed by atoms with Crippen molar-refractivity contribution in [3.05, 3.63) is 58.6 Å². The molecule has 0 spiro atoms. The molecular weight excluding hydrogens is 360 g/mol. The molecule has 2 N–H and O–H groups in total. The first-order valence-electron chi connectivity index (χ1n) is 7.19. The summed E-state index contributed by atoms with van der Waals surface area (Å²) in [6.45, 7) is 3.53. The highest BCUT2D eigenvalue weighted by Crippen LogP contribution is 2.18. The number of thiocarbonyl (C=S) groups is 1. The zero-order valence-electron chi connectivity index (χ0n) is 12.4. The number of hydrogen-bond acceptors (Lipinski definition) is 2. The minimum atomic E-state index is 0.542. The van der Waals surface area contributed by atoms with Crippen LogP contribution in [0.5, 0.6) is 5.75 Å². The Morgan fingerprint density at radius 3 is 2.41 bits per heavy atom. The van der Waals surface area contributed by atoms with Crippen LogP contribution in [0.2, 0.25) is 0 Å². The van der Waals surface area contributed by atoms with Crippen molar-refractivity contribution in [1.29, 1.82) is 0 Å². The van der Waals surface area contributed by atoms with Crippen LogP contribution in [-0.4, -0.2) is 11.7 Å². The van der Waals surface area contributed by atoms with E-state index >= 15 is 0 Å². The zero-order valence-corrected chi connectivity index (χ0v) is 14.8. The third kappa shape index (κ3) is 5.66. The Kier molecular flexibility index (Phi) is 6.68. The summed E-state index contributed by atoms with van der Waals surface area (Å²) in [5, 5.41) is 6.95. The van der Waals surface area contributed by atoms with E-state index in [0.29, 0.717) is 11.7 Å². The Balaban J connectivity index is 1.83. The molecule has 2 aromatic rings. The first kappa shape index (κ1) is 16.8. The number of ether oxygens (including phenoxy) is 1. The molecule has 0 aliphatic carbocycles. The van der Waals surface area contributed by atoms with Gasteiger partial charge in [0.1, 0.15) is 12.4 Å². The second kappa shape index (κ2) is 8.76. The summed E-state index contributed by atoms with van der Waals surface area (Å²) in [6.07, 6.45) is 1.05. The molecule has 2 aromatic carbocycles. The number of benzene rings is 2. The fraction of sp³-hybridized carbons (Fsp3) is 0.235. The number of hydrogen-bond donors (Lipinski definition) is 2.